The van der Waals surface area contributed by atoms with Gasteiger partial charge in [0.25, 0.3) is 0 Å². The molecule has 2 heterocycles. The Morgan fingerprint density at radius 1 is 1.32 bits per heavy atom. The SMILES string of the molecule is CC(C)C1(C(=O)O)CCN(C(=O)CCCc2c[nH]c3ccccc23)C1. The fourth-order valence-corrected chi connectivity index (χ4v) is 3.87. The van der Waals surface area contributed by atoms with Gasteiger partial charge in [0, 0.05) is 36.6 Å². The van der Waals surface area contributed by atoms with Crippen molar-refractivity contribution in [3.8, 4) is 0 Å². The van der Waals surface area contributed by atoms with E-state index in [9.17, 15) is 14.7 Å². The van der Waals surface area contributed by atoms with Gasteiger partial charge in [-0.15, -0.1) is 0 Å². The van der Waals surface area contributed by atoms with Crippen LogP contribution in [-0.2, 0) is 16.0 Å². The van der Waals surface area contributed by atoms with Crippen molar-refractivity contribution in [3.05, 3.63) is 36.0 Å². The van der Waals surface area contributed by atoms with E-state index in [0.717, 1.165) is 18.4 Å². The van der Waals surface area contributed by atoms with Gasteiger partial charge in [-0.05, 0) is 36.8 Å². The molecule has 1 saturated heterocycles. The number of fused-ring (bicyclic) bond motifs is 1. The van der Waals surface area contributed by atoms with E-state index in [2.05, 4.69) is 11.1 Å². The molecule has 0 saturated carbocycles. The van der Waals surface area contributed by atoms with E-state index in [4.69, 9.17) is 0 Å². The summed E-state index contributed by atoms with van der Waals surface area (Å²) in [6.07, 6.45) is 4.65. The summed E-state index contributed by atoms with van der Waals surface area (Å²) in [4.78, 5) is 29.2. The molecule has 1 aliphatic heterocycles. The van der Waals surface area contributed by atoms with Gasteiger partial charge in [0.1, 0.15) is 0 Å². The van der Waals surface area contributed by atoms with E-state index in [1.807, 2.05) is 38.2 Å². The first-order valence-electron chi connectivity index (χ1n) is 9.00. The van der Waals surface area contributed by atoms with E-state index in [1.165, 1.54) is 10.9 Å². The Hall–Kier alpha value is -2.30. The van der Waals surface area contributed by atoms with Crippen LogP contribution in [0, 0.1) is 11.3 Å². The van der Waals surface area contributed by atoms with Gasteiger partial charge in [-0.3, -0.25) is 9.59 Å². The summed E-state index contributed by atoms with van der Waals surface area (Å²) in [6, 6.07) is 8.16. The molecule has 1 atom stereocenters. The molecule has 5 nitrogen and oxygen atoms in total. The summed E-state index contributed by atoms with van der Waals surface area (Å²) < 4.78 is 0. The lowest BCUT2D eigenvalue weighted by Gasteiger charge is -2.28. The number of nitrogens with one attached hydrogen (secondary N) is 1. The van der Waals surface area contributed by atoms with Crippen molar-refractivity contribution in [2.45, 2.75) is 39.5 Å². The van der Waals surface area contributed by atoms with Crippen LogP contribution in [0.3, 0.4) is 0 Å². The molecule has 1 unspecified atom stereocenters. The number of aliphatic carboxylic acids is 1. The number of aromatic nitrogens is 1. The average molecular weight is 342 g/mol. The Balaban J connectivity index is 1.56. The highest BCUT2D eigenvalue weighted by atomic mass is 16.4. The molecule has 1 fully saturated rings. The molecule has 0 bridgehead atoms. The molecule has 5 heteroatoms. The average Bonchev–Trinajstić information content (AvgIpc) is 3.20. The van der Waals surface area contributed by atoms with E-state index in [0.29, 0.717) is 25.9 Å². The Morgan fingerprint density at radius 3 is 2.76 bits per heavy atom. The molecule has 25 heavy (non-hydrogen) atoms. The predicted octanol–water partition coefficient (Wildman–Crippen LogP) is 3.45. The quantitative estimate of drug-likeness (QED) is 0.844. The Kier molecular flexibility index (Phi) is 4.84. The number of benzene rings is 1. The Labute approximate surface area is 148 Å². The van der Waals surface area contributed by atoms with Gasteiger partial charge < -0.3 is 15.0 Å². The van der Waals surface area contributed by atoms with Crippen LogP contribution in [0.4, 0.5) is 0 Å². The lowest BCUT2D eigenvalue weighted by molar-refractivity contribution is -0.151. The van der Waals surface area contributed by atoms with Gasteiger partial charge in [-0.1, -0.05) is 32.0 Å². The van der Waals surface area contributed by atoms with E-state index in [1.54, 1.807) is 4.90 Å². The van der Waals surface area contributed by atoms with Crippen LogP contribution in [0.15, 0.2) is 30.5 Å². The zero-order chi connectivity index (χ0) is 18.0. The number of amides is 1. The first-order chi connectivity index (χ1) is 11.9. The van der Waals surface area contributed by atoms with Crippen LogP contribution in [0.2, 0.25) is 0 Å². The molecule has 0 aliphatic carbocycles. The van der Waals surface area contributed by atoms with Crippen molar-refractivity contribution in [2.75, 3.05) is 13.1 Å². The number of carboxylic acids is 1. The minimum absolute atomic E-state index is 0.0222. The minimum Gasteiger partial charge on any atom is -0.481 e. The maximum Gasteiger partial charge on any atom is 0.311 e. The van der Waals surface area contributed by atoms with E-state index >= 15 is 0 Å². The van der Waals surface area contributed by atoms with Crippen LogP contribution in [0.25, 0.3) is 10.9 Å². The van der Waals surface area contributed by atoms with Gasteiger partial charge in [0.15, 0.2) is 0 Å². The number of hydrogen-bond donors (Lipinski definition) is 2. The topological polar surface area (TPSA) is 73.4 Å². The number of carbonyl (C=O) groups is 2. The maximum absolute atomic E-state index is 12.5. The van der Waals surface area contributed by atoms with E-state index in [-0.39, 0.29) is 11.8 Å². The molecular weight excluding hydrogens is 316 g/mol. The first kappa shape index (κ1) is 17.5. The van der Waals surface area contributed by atoms with Crippen molar-refractivity contribution in [3.63, 3.8) is 0 Å². The summed E-state index contributed by atoms with van der Waals surface area (Å²) in [7, 11) is 0. The zero-order valence-corrected chi connectivity index (χ0v) is 14.9. The van der Waals surface area contributed by atoms with Crippen LogP contribution in [0.5, 0.6) is 0 Å². The van der Waals surface area contributed by atoms with Crippen molar-refractivity contribution in [1.82, 2.24) is 9.88 Å². The standard InChI is InChI=1S/C20H26N2O3/c1-14(2)20(19(24)25)10-11-22(13-20)18(23)9-5-6-15-12-21-17-8-4-3-7-16(15)17/h3-4,7-8,12,14,21H,5-6,9-11,13H2,1-2H3,(H,24,25). The fourth-order valence-electron chi connectivity index (χ4n) is 3.87. The number of nitrogens with zero attached hydrogens (tertiary/aromatic N) is 1. The minimum atomic E-state index is -0.785. The second-order valence-electron chi connectivity index (χ2n) is 7.39. The number of rotatable bonds is 6. The number of H-pyrrole nitrogens is 1. The Morgan fingerprint density at radius 2 is 2.08 bits per heavy atom. The highest BCUT2D eigenvalue weighted by molar-refractivity contribution is 5.83. The number of carbonyl (C=O) groups excluding carboxylic acids is 1. The van der Waals surface area contributed by atoms with Crippen molar-refractivity contribution in [2.24, 2.45) is 11.3 Å². The smallest absolute Gasteiger partial charge is 0.311 e. The van der Waals surface area contributed by atoms with Gasteiger partial charge in [0.05, 0.1) is 5.41 Å². The van der Waals surface area contributed by atoms with Crippen LogP contribution < -0.4 is 0 Å². The molecule has 0 radical (unpaired) electrons. The summed E-state index contributed by atoms with van der Waals surface area (Å²) in [5, 5.41) is 10.8. The fraction of sp³-hybridized carbons (Fsp3) is 0.500. The van der Waals surface area contributed by atoms with Gasteiger partial charge in [-0.2, -0.15) is 0 Å². The largest absolute Gasteiger partial charge is 0.481 e. The molecule has 1 amide bonds. The van der Waals surface area contributed by atoms with Crippen molar-refractivity contribution in [1.29, 1.82) is 0 Å². The lowest BCUT2D eigenvalue weighted by atomic mass is 9.76. The summed E-state index contributed by atoms with van der Waals surface area (Å²) in [5.41, 5.74) is 1.56. The third kappa shape index (κ3) is 3.28. The van der Waals surface area contributed by atoms with Gasteiger partial charge >= 0.3 is 5.97 Å². The Bertz CT molecular complexity index is 780. The molecule has 2 N–H and O–H groups in total. The molecule has 2 aromatic rings. The van der Waals surface area contributed by atoms with Crippen molar-refractivity contribution < 1.29 is 14.7 Å². The third-order valence-corrected chi connectivity index (χ3v) is 5.70. The molecule has 0 spiro atoms. The number of hydrogen-bond acceptors (Lipinski definition) is 2. The molecule has 3 rings (SSSR count). The number of carboxylic acid groups (broad SMARTS) is 1. The number of likely N-dealkylation sites (tertiary alicyclic amines) is 1. The molecule has 1 aliphatic rings. The van der Waals surface area contributed by atoms with Gasteiger partial charge in [0.2, 0.25) is 5.91 Å². The summed E-state index contributed by atoms with van der Waals surface area (Å²) in [6.45, 7) is 4.75. The summed E-state index contributed by atoms with van der Waals surface area (Å²) >= 11 is 0. The maximum atomic E-state index is 12.5. The zero-order valence-electron chi connectivity index (χ0n) is 14.9. The molecular formula is C20H26N2O3. The van der Waals surface area contributed by atoms with Crippen molar-refractivity contribution >= 4 is 22.8 Å². The summed E-state index contributed by atoms with van der Waals surface area (Å²) in [5.74, 6) is -0.686. The first-order valence-corrected chi connectivity index (χ1v) is 9.00. The highest BCUT2D eigenvalue weighted by Crippen LogP contribution is 2.38. The molecule has 1 aromatic carbocycles. The predicted molar refractivity (Wildman–Crippen MR) is 97.3 cm³/mol. The monoisotopic (exact) mass is 342 g/mol. The number of aromatic amines is 1. The number of aryl methyl sites for hydroxylation is 1. The van der Waals surface area contributed by atoms with Crippen LogP contribution in [-0.4, -0.2) is 40.0 Å². The molecule has 1 aromatic heterocycles. The number of para-hydroxylation sites is 1. The van der Waals surface area contributed by atoms with E-state index < -0.39 is 11.4 Å². The van der Waals surface area contributed by atoms with Crippen LogP contribution >= 0.6 is 0 Å². The highest BCUT2D eigenvalue weighted by Gasteiger charge is 2.48. The normalized spacial score (nSPS) is 20.5. The van der Waals surface area contributed by atoms with Crippen LogP contribution in [0.1, 0.15) is 38.7 Å². The third-order valence-electron chi connectivity index (χ3n) is 5.70. The van der Waals surface area contributed by atoms with Gasteiger partial charge in [-0.25, -0.2) is 0 Å². The lowest BCUT2D eigenvalue weighted by Crippen LogP contribution is -2.40. The second-order valence-corrected chi connectivity index (χ2v) is 7.39. The molecule has 134 valence electrons. The second kappa shape index (κ2) is 6.90.